The highest BCUT2D eigenvalue weighted by atomic mass is 32.1. The lowest BCUT2D eigenvalue weighted by molar-refractivity contribution is 0.102. The van der Waals surface area contributed by atoms with Gasteiger partial charge in [0.05, 0.1) is 11.1 Å². The van der Waals surface area contributed by atoms with Crippen molar-refractivity contribution >= 4 is 23.1 Å². The molecule has 0 radical (unpaired) electrons. The number of amides is 1. The van der Waals surface area contributed by atoms with Gasteiger partial charge < -0.3 is 5.32 Å². The van der Waals surface area contributed by atoms with E-state index in [1.165, 1.54) is 24.0 Å². The Kier molecular flexibility index (Phi) is 3.61. The molecule has 0 spiro atoms. The highest BCUT2D eigenvalue weighted by Crippen LogP contribution is 2.30. The quantitative estimate of drug-likeness (QED) is 0.941. The Morgan fingerprint density at radius 3 is 3.05 bits per heavy atom. The molecule has 20 heavy (non-hydrogen) atoms. The van der Waals surface area contributed by atoms with Crippen molar-refractivity contribution in [3.63, 3.8) is 0 Å². The normalized spacial score (nSPS) is 14.1. The largest absolute Gasteiger partial charge is 0.306 e. The molecule has 0 bridgehead atoms. The number of carbonyl (C=O) groups excluding carboxylic acids is 1. The monoisotopic (exact) mass is 289 g/mol. The summed E-state index contributed by atoms with van der Waals surface area (Å²) in [4.78, 5) is 13.4. The van der Waals surface area contributed by atoms with Crippen molar-refractivity contribution < 1.29 is 4.79 Å². The molecule has 3 rings (SSSR count). The zero-order valence-corrected chi connectivity index (χ0v) is 12.7. The van der Waals surface area contributed by atoms with Crippen LogP contribution in [0.3, 0.4) is 0 Å². The van der Waals surface area contributed by atoms with E-state index in [1.807, 2.05) is 18.5 Å². The van der Waals surface area contributed by atoms with Crippen molar-refractivity contribution in [2.24, 2.45) is 0 Å². The van der Waals surface area contributed by atoms with E-state index >= 15 is 0 Å². The number of nitrogens with zero attached hydrogens (tertiary/aromatic N) is 2. The van der Waals surface area contributed by atoms with Gasteiger partial charge >= 0.3 is 0 Å². The summed E-state index contributed by atoms with van der Waals surface area (Å²) in [5.74, 6) is 0.826. The number of aryl methyl sites for hydroxylation is 3. The van der Waals surface area contributed by atoms with Crippen LogP contribution in [-0.2, 0) is 19.4 Å². The molecule has 1 amide bonds. The maximum absolute atomic E-state index is 12.5. The molecule has 0 aromatic carbocycles. The average Bonchev–Trinajstić information content (AvgIpc) is 3.03. The van der Waals surface area contributed by atoms with Crippen LogP contribution < -0.4 is 5.32 Å². The van der Waals surface area contributed by atoms with Gasteiger partial charge in [-0.15, -0.1) is 11.3 Å². The van der Waals surface area contributed by atoms with Gasteiger partial charge in [0.15, 0.2) is 0 Å². The second-order valence-electron chi connectivity index (χ2n) is 5.22. The first-order valence-electron chi connectivity index (χ1n) is 7.13. The van der Waals surface area contributed by atoms with Gasteiger partial charge in [-0.2, -0.15) is 5.10 Å². The smallest absolute Gasteiger partial charge is 0.267 e. The second-order valence-corrected chi connectivity index (χ2v) is 6.10. The van der Waals surface area contributed by atoms with Crippen LogP contribution in [0.2, 0.25) is 0 Å². The van der Waals surface area contributed by atoms with Gasteiger partial charge in [0.25, 0.3) is 5.91 Å². The standard InChI is InChI=1S/C15H19N3OS/c1-3-18-14(10(2)8-16-18)17-15(19)13-12-7-5-4-6-11(12)9-20-13/h8-9H,3-7H2,1-2H3,(H,17,19). The van der Waals surface area contributed by atoms with Crippen LogP contribution in [0.4, 0.5) is 5.82 Å². The molecule has 5 heteroatoms. The third-order valence-corrected chi connectivity index (χ3v) is 4.93. The van der Waals surface area contributed by atoms with Gasteiger partial charge in [-0.25, -0.2) is 4.68 Å². The van der Waals surface area contributed by atoms with E-state index in [1.54, 1.807) is 17.5 Å². The minimum absolute atomic E-state index is 0.0106. The number of anilines is 1. The van der Waals surface area contributed by atoms with Gasteiger partial charge in [-0.1, -0.05) is 0 Å². The van der Waals surface area contributed by atoms with Crippen molar-refractivity contribution in [3.05, 3.63) is 33.1 Å². The Morgan fingerprint density at radius 1 is 1.45 bits per heavy atom. The molecule has 4 nitrogen and oxygen atoms in total. The fraction of sp³-hybridized carbons (Fsp3) is 0.467. The third kappa shape index (κ3) is 2.26. The van der Waals surface area contributed by atoms with E-state index < -0.39 is 0 Å². The lowest BCUT2D eigenvalue weighted by Gasteiger charge is -2.13. The first-order valence-corrected chi connectivity index (χ1v) is 8.01. The van der Waals surface area contributed by atoms with Crippen LogP contribution in [0.15, 0.2) is 11.6 Å². The number of hydrogen-bond acceptors (Lipinski definition) is 3. The summed E-state index contributed by atoms with van der Waals surface area (Å²) in [5, 5.41) is 9.44. The average molecular weight is 289 g/mol. The predicted molar refractivity (Wildman–Crippen MR) is 81.6 cm³/mol. The van der Waals surface area contributed by atoms with Gasteiger partial charge in [0.1, 0.15) is 5.82 Å². The topological polar surface area (TPSA) is 46.9 Å². The van der Waals surface area contributed by atoms with E-state index in [0.717, 1.165) is 35.6 Å². The number of aromatic nitrogens is 2. The Hall–Kier alpha value is -1.62. The van der Waals surface area contributed by atoms with E-state index in [0.29, 0.717) is 0 Å². The highest BCUT2D eigenvalue weighted by molar-refractivity contribution is 7.12. The molecule has 0 unspecified atom stereocenters. The molecule has 0 aliphatic heterocycles. The first-order chi connectivity index (χ1) is 9.70. The van der Waals surface area contributed by atoms with Crippen LogP contribution >= 0.6 is 11.3 Å². The molecule has 1 N–H and O–H groups in total. The number of rotatable bonds is 3. The summed E-state index contributed by atoms with van der Waals surface area (Å²) in [6.07, 6.45) is 6.38. The third-order valence-electron chi connectivity index (χ3n) is 3.86. The number of hydrogen-bond donors (Lipinski definition) is 1. The van der Waals surface area contributed by atoms with Gasteiger partial charge in [0.2, 0.25) is 0 Å². The lowest BCUT2D eigenvalue weighted by Crippen LogP contribution is -2.17. The molecule has 1 aliphatic carbocycles. The molecule has 2 aromatic rings. The van der Waals surface area contributed by atoms with Crippen molar-refractivity contribution in [1.82, 2.24) is 9.78 Å². The van der Waals surface area contributed by atoms with Gasteiger partial charge in [0, 0.05) is 12.1 Å². The van der Waals surface area contributed by atoms with E-state index in [4.69, 9.17) is 0 Å². The molecule has 106 valence electrons. The van der Waals surface area contributed by atoms with Crippen molar-refractivity contribution in [3.8, 4) is 0 Å². The Balaban J connectivity index is 1.86. The maximum atomic E-state index is 12.5. The molecule has 0 saturated heterocycles. The summed E-state index contributed by atoms with van der Waals surface area (Å²) >= 11 is 1.57. The summed E-state index contributed by atoms with van der Waals surface area (Å²) in [5.41, 5.74) is 3.64. The van der Waals surface area contributed by atoms with Crippen molar-refractivity contribution in [2.45, 2.75) is 46.1 Å². The van der Waals surface area contributed by atoms with Crippen LogP contribution in [0.5, 0.6) is 0 Å². The number of nitrogens with one attached hydrogen (secondary N) is 1. The number of thiophene rings is 1. The molecule has 0 atom stereocenters. The first kappa shape index (κ1) is 13.4. The Labute approximate surface area is 122 Å². The molecule has 1 aliphatic rings. The Morgan fingerprint density at radius 2 is 2.25 bits per heavy atom. The minimum atomic E-state index is 0.0106. The maximum Gasteiger partial charge on any atom is 0.267 e. The molecular weight excluding hydrogens is 270 g/mol. The lowest BCUT2D eigenvalue weighted by atomic mass is 9.94. The minimum Gasteiger partial charge on any atom is -0.306 e. The fourth-order valence-corrected chi connectivity index (χ4v) is 3.81. The molecular formula is C15H19N3OS. The van der Waals surface area contributed by atoms with E-state index in [9.17, 15) is 4.79 Å². The zero-order valence-electron chi connectivity index (χ0n) is 11.9. The molecule has 0 fully saturated rings. The summed E-state index contributed by atoms with van der Waals surface area (Å²) < 4.78 is 1.83. The zero-order chi connectivity index (χ0) is 14.1. The van der Waals surface area contributed by atoms with Crippen LogP contribution in [0, 0.1) is 6.92 Å². The van der Waals surface area contributed by atoms with Gasteiger partial charge in [-0.3, -0.25) is 4.79 Å². The van der Waals surface area contributed by atoms with Crippen LogP contribution in [0.1, 0.15) is 46.1 Å². The SMILES string of the molecule is CCn1ncc(C)c1NC(=O)c1scc2c1CCCC2. The molecule has 2 aromatic heterocycles. The van der Waals surface area contributed by atoms with Crippen LogP contribution in [-0.4, -0.2) is 15.7 Å². The highest BCUT2D eigenvalue weighted by Gasteiger charge is 2.21. The second kappa shape index (κ2) is 5.40. The summed E-state index contributed by atoms with van der Waals surface area (Å²) in [7, 11) is 0. The molecule has 2 heterocycles. The number of carbonyl (C=O) groups is 1. The van der Waals surface area contributed by atoms with Crippen LogP contribution in [0.25, 0.3) is 0 Å². The summed E-state index contributed by atoms with van der Waals surface area (Å²) in [6, 6.07) is 0. The van der Waals surface area contributed by atoms with Crippen molar-refractivity contribution in [2.75, 3.05) is 5.32 Å². The fourth-order valence-electron chi connectivity index (χ4n) is 2.76. The predicted octanol–water partition coefficient (Wildman–Crippen LogP) is 3.40. The van der Waals surface area contributed by atoms with E-state index in [-0.39, 0.29) is 5.91 Å². The number of fused-ring (bicyclic) bond motifs is 1. The van der Waals surface area contributed by atoms with E-state index in [2.05, 4.69) is 15.8 Å². The van der Waals surface area contributed by atoms with Crippen molar-refractivity contribution in [1.29, 1.82) is 0 Å². The Bertz CT molecular complexity index is 642. The molecule has 0 saturated carbocycles. The summed E-state index contributed by atoms with van der Waals surface area (Å²) in [6.45, 7) is 4.75. The van der Waals surface area contributed by atoms with Gasteiger partial charge in [-0.05, 0) is 56.0 Å².